The van der Waals surface area contributed by atoms with Crippen LogP contribution >= 0.6 is 0 Å². The monoisotopic (exact) mass is 534 g/mol. The summed E-state index contributed by atoms with van der Waals surface area (Å²) in [6.07, 6.45) is 0. The number of nitrogens with one attached hydrogen (secondary N) is 1. The normalized spacial score (nSPS) is 11.1. The van der Waals surface area contributed by atoms with Crippen molar-refractivity contribution >= 4 is 32.4 Å². The molecular formula is C29H30N2O6S. The Kier molecular flexibility index (Phi) is 8.38. The molecule has 0 fully saturated rings. The number of amides is 1. The Labute approximate surface area is 222 Å². The molecule has 0 saturated carbocycles. The van der Waals surface area contributed by atoms with E-state index in [2.05, 4.69) is 5.32 Å². The highest BCUT2D eigenvalue weighted by Crippen LogP contribution is 2.35. The largest absolute Gasteiger partial charge is 0.497 e. The van der Waals surface area contributed by atoms with E-state index in [4.69, 9.17) is 14.2 Å². The van der Waals surface area contributed by atoms with Crippen LogP contribution in [-0.4, -0.2) is 48.2 Å². The number of fused-ring (bicyclic) bond motifs is 1. The molecule has 9 heteroatoms. The Morgan fingerprint density at radius 2 is 1.61 bits per heavy atom. The second-order valence-corrected chi connectivity index (χ2v) is 10.4. The van der Waals surface area contributed by atoms with Gasteiger partial charge < -0.3 is 19.5 Å². The molecule has 0 atom stereocenters. The number of sulfonamides is 1. The van der Waals surface area contributed by atoms with E-state index in [0.717, 1.165) is 20.6 Å². The van der Waals surface area contributed by atoms with Gasteiger partial charge in [0.2, 0.25) is 5.91 Å². The van der Waals surface area contributed by atoms with Gasteiger partial charge in [0, 0.05) is 11.5 Å². The topological polar surface area (TPSA) is 94.2 Å². The number of anilines is 1. The molecule has 0 radical (unpaired) electrons. The fourth-order valence-electron chi connectivity index (χ4n) is 3.99. The van der Waals surface area contributed by atoms with Crippen LogP contribution in [0.4, 0.5) is 5.69 Å². The molecule has 0 bridgehead atoms. The average Bonchev–Trinajstić information content (AvgIpc) is 2.94. The lowest BCUT2D eigenvalue weighted by Crippen LogP contribution is -2.42. The second kappa shape index (κ2) is 11.9. The number of hydrogen-bond acceptors (Lipinski definition) is 6. The minimum absolute atomic E-state index is 0.0556. The third-order valence-corrected chi connectivity index (χ3v) is 7.76. The van der Waals surface area contributed by atoms with Gasteiger partial charge in [-0.2, -0.15) is 0 Å². The van der Waals surface area contributed by atoms with Gasteiger partial charge in [-0.1, -0.05) is 54.1 Å². The van der Waals surface area contributed by atoms with Crippen molar-refractivity contribution in [2.24, 2.45) is 0 Å². The third kappa shape index (κ3) is 6.00. The molecule has 0 saturated heterocycles. The zero-order valence-corrected chi connectivity index (χ0v) is 22.3. The van der Waals surface area contributed by atoms with Crippen LogP contribution < -0.4 is 23.8 Å². The summed E-state index contributed by atoms with van der Waals surface area (Å²) in [4.78, 5) is 13.0. The van der Waals surface area contributed by atoms with Crippen LogP contribution in [0.15, 0.2) is 89.8 Å². The second-order valence-electron chi connectivity index (χ2n) is 8.54. The fraction of sp³-hybridized carbons (Fsp3) is 0.207. The molecule has 4 aromatic carbocycles. The molecule has 4 rings (SSSR count). The summed E-state index contributed by atoms with van der Waals surface area (Å²) in [5.41, 5.74) is 1.10. The molecule has 0 aliphatic heterocycles. The molecule has 0 aliphatic carbocycles. The van der Waals surface area contributed by atoms with Crippen LogP contribution in [0.5, 0.6) is 17.2 Å². The Morgan fingerprint density at radius 1 is 0.868 bits per heavy atom. The highest BCUT2D eigenvalue weighted by atomic mass is 32.2. The molecular weight excluding hydrogens is 504 g/mol. The van der Waals surface area contributed by atoms with Crippen molar-refractivity contribution in [3.63, 3.8) is 0 Å². The molecule has 1 amide bonds. The van der Waals surface area contributed by atoms with E-state index < -0.39 is 22.5 Å². The Hall–Kier alpha value is -4.24. The summed E-state index contributed by atoms with van der Waals surface area (Å²) in [6, 6.07) is 24.9. The van der Waals surface area contributed by atoms with Crippen LogP contribution in [0, 0.1) is 6.92 Å². The SMILES string of the molecule is COc1ccc(OC)c(N(CC(=O)NCCOc2cccc3ccccc23)S(=O)(=O)c2ccc(C)cc2)c1. The molecule has 4 aromatic rings. The van der Waals surface area contributed by atoms with Crippen LogP contribution in [-0.2, 0) is 14.8 Å². The number of ether oxygens (including phenoxy) is 3. The van der Waals surface area contributed by atoms with Gasteiger partial charge in [0.05, 0.1) is 31.3 Å². The van der Waals surface area contributed by atoms with E-state index in [1.54, 1.807) is 24.3 Å². The van der Waals surface area contributed by atoms with Crippen molar-refractivity contribution in [1.29, 1.82) is 0 Å². The van der Waals surface area contributed by atoms with Gasteiger partial charge >= 0.3 is 0 Å². The van der Waals surface area contributed by atoms with E-state index in [9.17, 15) is 13.2 Å². The summed E-state index contributed by atoms with van der Waals surface area (Å²) in [5.74, 6) is 0.927. The third-order valence-electron chi connectivity index (χ3n) is 5.98. The van der Waals surface area contributed by atoms with Crippen molar-refractivity contribution in [2.45, 2.75) is 11.8 Å². The van der Waals surface area contributed by atoms with Gasteiger partial charge in [0.15, 0.2) is 0 Å². The summed E-state index contributed by atoms with van der Waals surface area (Å²) in [6.45, 7) is 1.81. The van der Waals surface area contributed by atoms with Crippen molar-refractivity contribution in [3.05, 3.63) is 90.5 Å². The molecule has 38 heavy (non-hydrogen) atoms. The standard InChI is InChI=1S/C29H30N2O6S/c1-21-11-14-24(15-12-21)38(33,34)31(26-19-23(35-2)13-16-28(26)36-3)20-29(32)30-17-18-37-27-10-6-8-22-7-4-5-9-25(22)27/h4-16,19H,17-18,20H2,1-3H3,(H,30,32). The van der Waals surface area contributed by atoms with E-state index >= 15 is 0 Å². The number of benzene rings is 4. The molecule has 0 aromatic heterocycles. The molecule has 0 spiro atoms. The zero-order valence-electron chi connectivity index (χ0n) is 21.5. The lowest BCUT2D eigenvalue weighted by atomic mass is 10.1. The first-order valence-electron chi connectivity index (χ1n) is 12.0. The maximum atomic E-state index is 13.7. The van der Waals surface area contributed by atoms with Gasteiger partial charge in [-0.25, -0.2) is 8.42 Å². The molecule has 0 heterocycles. The van der Waals surface area contributed by atoms with Crippen molar-refractivity contribution in [1.82, 2.24) is 5.32 Å². The number of rotatable bonds is 11. The number of hydrogen-bond donors (Lipinski definition) is 1. The number of nitrogens with zero attached hydrogens (tertiary/aromatic N) is 1. The molecule has 8 nitrogen and oxygen atoms in total. The fourth-order valence-corrected chi connectivity index (χ4v) is 5.41. The number of aryl methyl sites for hydroxylation is 1. The number of carbonyl (C=O) groups is 1. The number of carbonyl (C=O) groups excluding carboxylic acids is 1. The lowest BCUT2D eigenvalue weighted by molar-refractivity contribution is -0.119. The van der Waals surface area contributed by atoms with Crippen molar-refractivity contribution in [3.8, 4) is 17.2 Å². The Morgan fingerprint density at radius 3 is 2.34 bits per heavy atom. The molecule has 1 N–H and O–H groups in total. The van der Waals surface area contributed by atoms with E-state index in [0.29, 0.717) is 11.5 Å². The van der Waals surface area contributed by atoms with Crippen LogP contribution in [0.2, 0.25) is 0 Å². The molecule has 198 valence electrons. The van der Waals surface area contributed by atoms with Crippen LogP contribution in [0.3, 0.4) is 0 Å². The van der Waals surface area contributed by atoms with Crippen molar-refractivity contribution < 1.29 is 27.4 Å². The summed E-state index contributed by atoms with van der Waals surface area (Å²) in [5, 5.41) is 4.79. The smallest absolute Gasteiger partial charge is 0.264 e. The molecule has 0 unspecified atom stereocenters. The predicted octanol–water partition coefficient (Wildman–Crippen LogP) is 4.56. The predicted molar refractivity (Wildman–Crippen MR) is 148 cm³/mol. The van der Waals surface area contributed by atoms with Crippen LogP contribution in [0.25, 0.3) is 10.8 Å². The first-order chi connectivity index (χ1) is 18.3. The first kappa shape index (κ1) is 26.8. The quantitative estimate of drug-likeness (QED) is 0.284. The Bertz CT molecular complexity index is 1510. The minimum Gasteiger partial charge on any atom is -0.497 e. The Balaban J connectivity index is 1.52. The first-order valence-corrected chi connectivity index (χ1v) is 13.5. The maximum Gasteiger partial charge on any atom is 0.264 e. The maximum absolute atomic E-state index is 13.7. The van der Waals surface area contributed by atoms with E-state index in [1.807, 2.05) is 49.4 Å². The highest BCUT2D eigenvalue weighted by Gasteiger charge is 2.30. The van der Waals surface area contributed by atoms with Gasteiger partial charge in [-0.3, -0.25) is 9.10 Å². The van der Waals surface area contributed by atoms with Gasteiger partial charge in [0.25, 0.3) is 10.0 Å². The van der Waals surface area contributed by atoms with Crippen LogP contribution in [0.1, 0.15) is 5.56 Å². The lowest BCUT2D eigenvalue weighted by Gasteiger charge is -2.26. The average molecular weight is 535 g/mol. The summed E-state index contributed by atoms with van der Waals surface area (Å²) >= 11 is 0. The minimum atomic E-state index is -4.12. The summed E-state index contributed by atoms with van der Waals surface area (Å²) < 4.78 is 45.1. The number of methoxy groups -OCH3 is 2. The zero-order chi connectivity index (χ0) is 27.1. The highest BCUT2D eigenvalue weighted by molar-refractivity contribution is 7.92. The van der Waals surface area contributed by atoms with Gasteiger partial charge in [0.1, 0.15) is 30.4 Å². The van der Waals surface area contributed by atoms with Gasteiger partial charge in [-0.05, 0) is 42.6 Å². The van der Waals surface area contributed by atoms with E-state index in [-0.39, 0.29) is 29.5 Å². The molecule has 0 aliphatic rings. The van der Waals surface area contributed by atoms with E-state index in [1.165, 1.54) is 32.4 Å². The van der Waals surface area contributed by atoms with Gasteiger partial charge in [-0.15, -0.1) is 0 Å². The summed E-state index contributed by atoms with van der Waals surface area (Å²) in [7, 11) is -1.20. The van der Waals surface area contributed by atoms with Crippen molar-refractivity contribution in [2.75, 3.05) is 38.2 Å².